The predicted molar refractivity (Wildman–Crippen MR) is 62.2 cm³/mol. The second kappa shape index (κ2) is 5.31. The second-order valence-corrected chi connectivity index (χ2v) is 3.79. The van der Waals surface area contributed by atoms with Crippen LogP contribution in [0.4, 0.5) is 5.69 Å². The van der Waals surface area contributed by atoms with E-state index < -0.39 is 11.7 Å². The normalized spacial score (nSPS) is 10.3. The van der Waals surface area contributed by atoms with E-state index in [0.29, 0.717) is 0 Å². The van der Waals surface area contributed by atoms with Crippen LogP contribution in [0.2, 0.25) is 0 Å². The van der Waals surface area contributed by atoms with Crippen LogP contribution in [0.1, 0.15) is 10.4 Å². The van der Waals surface area contributed by atoms with E-state index in [-0.39, 0.29) is 23.7 Å². The van der Waals surface area contributed by atoms with Crippen molar-refractivity contribution in [3.05, 3.63) is 23.8 Å². The molecule has 0 heterocycles. The molecule has 92 valence electrons. The lowest BCUT2D eigenvalue weighted by molar-refractivity contribution is -0.116. The molecule has 6 nitrogen and oxygen atoms in total. The third kappa shape index (κ3) is 3.46. The zero-order chi connectivity index (χ0) is 13.0. The van der Waals surface area contributed by atoms with Gasteiger partial charge in [0.1, 0.15) is 5.56 Å². The van der Waals surface area contributed by atoms with E-state index in [2.05, 4.69) is 5.32 Å². The van der Waals surface area contributed by atoms with Gasteiger partial charge in [-0.15, -0.1) is 0 Å². The first-order chi connectivity index (χ1) is 7.91. The molecule has 0 aliphatic rings. The summed E-state index contributed by atoms with van der Waals surface area (Å²) < 4.78 is 0. The van der Waals surface area contributed by atoms with Crippen LogP contribution in [0.3, 0.4) is 0 Å². The second-order valence-electron chi connectivity index (χ2n) is 3.79. The minimum atomic E-state index is -1.24. The van der Waals surface area contributed by atoms with Crippen LogP contribution in [0.15, 0.2) is 18.2 Å². The molecule has 1 aromatic carbocycles. The third-order valence-corrected chi connectivity index (χ3v) is 2.00. The fraction of sp³-hybridized carbons (Fsp3) is 0.273. The number of aromatic carboxylic acids is 1. The summed E-state index contributed by atoms with van der Waals surface area (Å²) in [5.41, 5.74) is -0.149. The van der Waals surface area contributed by atoms with E-state index in [4.69, 9.17) is 5.11 Å². The summed E-state index contributed by atoms with van der Waals surface area (Å²) in [7, 11) is 3.46. The maximum absolute atomic E-state index is 11.4. The number of carbonyl (C=O) groups is 2. The van der Waals surface area contributed by atoms with Crippen molar-refractivity contribution in [3.63, 3.8) is 0 Å². The molecule has 0 atom stereocenters. The van der Waals surface area contributed by atoms with Gasteiger partial charge in [0.15, 0.2) is 5.75 Å². The standard InChI is InChI=1S/C11H14N2O4/c1-13(2)6-9(14)12-8-5-3-4-7(10(8)15)11(16)17/h3-5,15H,6H2,1-2H3,(H,12,14)(H,16,17). The molecule has 0 aliphatic carbocycles. The van der Waals surface area contributed by atoms with Crippen molar-refractivity contribution in [1.82, 2.24) is 4.90 Å². The summed E-state index contributed by atoms with van der Waals surface area (Å²) in [6.07, 6.45) is 0. The SMILES string of the molecule is CN(C)CC(=O)Nc1cccc(C(=O)O)c1O. The van der Waals surface area contributed by atoms with E-state index in [1.807, 2.05) is 0 Å². The van der Waals surface area contributed by atoms with Crippen LogP contribution in [0, 0.1) is 0 Å². The molecule has 0 fully saturated rings. The first-order valence-corrected chi connectivity index (χ1v) is 4.91. The molecule has 0 aliphatic heterocycles. The van der Waals surface area contributed by atoms with E-state index in [9.17, 15) is 14.7 Å². The smallest absolute Gasteiger partial charge is 0.339 e. The molecule has 0 radical (unpaired) electrons. The number of rotatable bonds is 4. The Morgan fingerprint density at radius 2 is 2.00 bits per heavy atom. The predicted octanol–water partition coefficient (Wildman–Crippen LogP) is 0.590. The Labute approximate surface area is 98.5 Å². The lowest BCUT2D eigenvalue weighted by atomic mass is 10.1. The van der Waals surface area contributed by atoms with Crippen molar-refractivity contribution < 1.29 is 19.8 Å². The van der Waals surface area contributed by atoms with Gasteiger partial charge in [-0.1, -0.05) is 6.07 Å². The van der Waals surface area contributed by atoms with Gasteiger partial charge >= 0.3 is 5.97 Å². The first kappa shape index (κ1) is 13.0. The zero-order valence-electron chi connectivity index (χ0n) is 9.60. The van der Waals surface area contributed by atoms with Crippen LogP contribution < -0.4 is 5.32 Å². The molecular formula is C11H14N2O4. The van der Waals surface area contributed by atoms with E-state index in [0.717, 1.165) is 0 Å². The Kier molecular flexibility index (Phi) is 4.06. The summed E-state index contributed by atoms with van der Waals surface area (Å²) in [6.45, 7) is 0.150. The Morgan fingerprint density at radius 1 is 1.35 bits per heavy atom. The summed E-state index contributed by atoms with van der Waals surface area (Å²) in [4.78, 5) is 23.9. The molecule has 0 aromatic heterocycles. The van der Waals surface area contributed by atoms with Crippen molar-refractivity contribution in [1.29, 1.82) is 0 Å². The Hall–Kier alpha value is -2.08. The fourth-order valence-electron chi connectivity index (χ4n) is 1.29. The van der Waals surface area contributed by atoms with Gasteiger partial charge in [0.2, 0.25) is 5.91 Å². The molecule has 3 N–H and O–H groups in total. The van der Waals surface area contributed by atoms with E-state index >= 15 is 0 Å². The highest BCUT2D eigenvalue weighted by Gasteiger charge is 2.14. The zero-order valence-corrected chi connectivity index (χ0v) is 9.60. The fourth-order valence-corrected chi connectivity index (χ4v) is 1.29. The van der Waals surface area contributed by atoms with Crippen LogP contribution in [-0.2, 0) is 4.79 Å². The number of nitrogens with one attached hydrogen (secondary N) is 1. The van der Waals surface area contributed by atoms with Crippen LogP contribution in [0.5, 0.6) is 5.75 Å². The third-order valence-electron chi connectivity index (χ3n) is 2.00. The molecule has 1 rings (SSSR count). The van der Waals surface area contributed by atoms with Gasteiger partial charge in [-0.05, 0) is 26.2 Å². The Bertz CT molecular complexity index is 443. The molecular weight excluding hydrogens is 224 g/mol. The largest absolute Gasteiger partial charge is 0.505 e. The van der Waals surface area contributed by atoms with Crippen LogP contribution in [0.25, 0.3) is 0 Å². The van der Waals surface area contributed by atoms with Crippen molar-refractivity contribution in [3.8, 4) is 5.75 Å². The van der Waals surface area contributed by atoms with Gasteiger partial charge in [0, 0.05) is 0 Å². The number of carboxylic acid groups (broad SMARTS) is 1. The van der Waals surface area contributed by atoms with E-state index in [1.54, 1.807) is 19.0 Å². The summed E-state index contributed by atoms with van der Waals surface area (Å²) in [5.74, 6) is -2.01. The molecule has 1 amide bonds. The van der Waals surface area contributed by atoms with Crippen molar-refractivity contribution in [2.45, 2.75) is 0 Å². The number of benzene rings is 1. The minimum Gasteiger partial charge on any atom is -0.505 e. The van der Waals surface area contributed by atoms with Gasteiger partial charge in [0.25, 0.3) is 0 Å². The highest BCUT2D eigenvalue weighted by Crippen LogP contribution is 2.27. The summed E-state index contributed by atoms with van der Waals surface area (Å²) in [5, 5.41) is 20.9. The summed E-state index contributed by atoms with van der Waals surface area (Å²) >= 11 is 0. The van der Waals surface area contributed by atoms with Crippen LogP contribution in [-0.4, -0.2) is 47.6 Å². The van der Waals surface area contributed by atoms with Gasteiger partial charge in [-0.2, -0.15) is 0 Å². The van der Waals surface area contributed by atoms with Gasteiger partial charge < -0.3 is 20.4 Å². The number of amides is 1. The maximum Gasteiger partial charge on any atom is 0.339 e. The molecule has 6 heteroatoms. The van der Waals surface area contributed by atoms with Crippen molar-refractivity contribution in [2.24, 2.45) is 0 Å². The number of anilines is 1. The average Bonchev–Trinajstić information content (AvgIpc) is 2.19. The lowest BCUT2D eigenvalue weighted by Gasteiger charge is -2.11. The number of aromatic hydroxyl groups is 1. The molecule has 0 saturated carbocycles. The van der Waals surface area contributed by atoms with Gasteiger partial charge in [0.05, 0.1) is 12.2 Å². The average molecular weight is 238 g/mol. The van der Waals surface area contributed by atoms with Crippen molar-refractivity contribution in [2.75, 3.05) is 26.0 Å². The lowest BCUT2D eigenvalue weighted by Crippen LogP contribution is -2.27. The Morgan fingerprint density at radius 3 is 2.53 bits per heavy atom. The summed E-state index contributed by atoms with van der Waals surface area (Å²) in [6, 6.07) is 4.16. The van der Waals surface area contributed by atoms with Gasteiger partial charge in [-0.25, -0.2) is 4.79 Å². The molecule has 0 bridgehead atoms. The van der Waals surface area contributed by atoms with E-state index in [1.165, 1.54) is 18.2 Å². The molecule has 1 aromatic rings. The minimum absolute atomic E-state index is 0.0942. The maximum atomic E-state index is 11.4. The number of hydrogen-bond donors (Lipinski definition) is 3. The van der Waals surface area contributed by atoms with Gasteiger partial charge in [-0.3, -0.25) is 4.79 Å². The highest BCUT2D eigenvalue weighted by atomic mass is 16.4. The molecule has 0 spiro atoms. The number of para-hydroxylation sites is 1. The molecule has 17 heavy (non-hydrogen) atoms. The molecule has 0 unspecified atom stereocenters. The van der Waals surface area contributed by atoms with Crippen LogP contribution >= 0.6 is 0 Å². The number of hydrogen-bond acceptors (Lipinski definition) is 4. The Balaban J connectivity index is 2.89. The first-order valence-electron chi connectivity index (χ1n) is 4.91. The number of phenols is 1. The quantitative estimate of drug-likeness (QED) is 0.668. The number of carboxylic acids is 1. The number of likely N-dealkylation sites (N-methyl/N-ethyl adjacent to an activating group) is 1. The molecule has 0 saturated heterocycles. The number of carbonyl (C=O) groups excluding carboxylic acids is 1. The number of nitrogens with zero attached hydrogens (tertiary/aromatic N) is 1. The highest BCUT2D eigenvalue weighted by molar-refractivity contribution is 5.98. The van der Waals surface area contributed by atoms with Crippen molar-refractivity contribution >= 4 is 17.6 Å². The monoisotopic (exact) mass is 238 g/mol. The topological polar surface area (TPSA) is 89.9 Å².